The van der Waals surface area contributed by atoms with Gasteiger partial charge in [-0.1, -0.05) is 11.2 Å². The Morgan fingerprint density at radius 3 is 3.15 bits per heavy atom. The summed E-state index contributed by atoms with van der Waals surface area (Å²) < 4.78 is 18.2. The van der Waals surface area contributed by atoms with Crippen LogP contribution in [-0.2, 0) is 5.75 Å². The summed E-state index contributed by atoms with van der Waals surface area (Å²) in [5, 5.41) is 16.5. The summed E-state index contributed by atoms with van der Waals surface area (Å²) in [4.78, 5) is 5.12. The van der Waals surface area contributed by atoms with Gasteiger partial charge in [0, 0.05) is 11.4 Å². The molecule has 0 unspecified atom stereocenters. The van der Waals surface area contributed by atoms with Gasteiger partial charge in [-0.3, -0.25) is 0 Å². The van der Waals surface area contributed by atoms with Crippen molar-refractivity contribution in [2.24, 2.45) is 0 Å². The maximum absolute atomic E-state index is 13.0. The molecule has 0 saturated carbocycles. The zero-order chi connectivity index (χ0) is 13.9. The summed E-state index contributed by atoms with van der Waals surface area (Å²) >= 11 is 1.45. The van der Waals surface area contributed by atoms with E-state index in [1.54, 1.807) is 6.07 Å². The number of hydrogen-bond donors (Lipinski definition) is 2. The third-order valence-corrected chi connectivity index (χ3v) is 4.04. The van der Waals surface area contributed by atoms with Crippen LogP contribution in [0.4, 0.5) is 4.39 Å². The summed E-state index contributed by atoms with van der Waals surface area (Å²) in [6.07, 6.45) is 0.218. The molecule has 1 aliphatic heterocycles. The van der Waals surface area contributed by atoms with Gasteiger partial charge in [-0.2, -0.15) is 4.98 Å². The van der Waals surface area contributed by atoms with E-state index in [0.29, 0.717) is 30.4 Å². The molecule has 0 aliphatic carbocycles. The average molecular weight is 295 g/mol. The number of nitrogens with zero attached hydrogens (tertiary/aromatic N) is 2. The van der Waals surface area contributed by atoms with Crippen LogP contribution >= 0.6 is 11.8 Å². The molecule has 20 heavy (non-hydrogen) atoms. The van der Waals surface area contributed by atoms with Crippen molar-refractivity contribution < 1.29 is 14.0 Å². The van der Waals surface area contributed by atoms with Gasteiger partial charge < -0.3 is 14.9 Å². The summed E-state index contributed by atoms with van der Waals surface area (Å²) in [7, 11) is 0. The smallest absolute Gasteiger partial charge is 0.243 e. The largest absolute Gasteiger partial charge is 0.392 e. The van der Waals surface area contributed by atoms with Crippen LogP contribution in [0.15, 0.2) is 33.7 Å². The standard InChI is InChI=1S/C13H14FN3O2S/c14-8-2-1-3-10(4-8)20-7-12-16-13(19-17-12)11-5-9(18)6-15-11/h1-4,9,11,15,18H,5-7H2/t9-,11-/m0/s1. The lowest BCUT2D eigenvalue weighted by Crippen LogP contribution is -2.15. The first-order valence-corrected chi connectivity index (χ1v) is 7.31. The first-order chi connectivity index (χ1) is 9.70. The molecule has 1 aromatic carbocycles. The second kappa shape index (κ2) is 5.90. The number of benzene rings is 1. The Balaban J connectivity index is 1.60. The molecule has 2 atom stereocenters. The summed E-state index contributed by atoms with van der Waals surface area (Å²) in [6.45, 7) is 0.542. The summed E-state index contributed by atoms with van der Waals surface area (Å²) in [5.41, 5.74) is 0. The molecule has 0 radical (unpaired) electrons. The Bertz CT molecular complexity index is 593. The summed E-state index contributed by atoms with van der Waals surface area (Å²) in [6, 6.07) is 6.31. The normalized spacial score (nSPS) is 22.3. The van der Waals surface area contributed by atoms with E-state index in [1.807, 2.05) is 6.07 Å². The number of thioether (sulfide) groups is 1. The molecular formula is C13H14FN3O2S. The zero-order valence-electron chi connectivity index (χ0n) is 10.6. The first-order valence-electron chi connectivity index (χ1n) is 6.33. The van der Waals surface area contributed by atoms with Crippen molar-refractivity contribution in [2.75, 3.05) is 6.54 Å². The highest BCUT2D eigenvalue weighted by Gasteiger charge is 2.27. The molecule has 3 rings (SSSR count). The van der Waals surface area contributed by atoms with Crippen molar-refractivity contribution in [3.05, 3.63) is 41.8 Å². The summed E-state index contributed by atoms with van der Waals surface area (Å²) in [5.74, 6) is 1.32. The molecule has 2 heterocycles. The molecule has 1 aromatic heterocycles. The number of aliphatic hydroxyl groups excluding tert-OH is 1. The van der Waals surface area contributed by atoms with Crippen LogP contribution in [0, 0.1) is 5.82 Å². The number of hydrogen-bond acceptors (Lipinski definition) is 6. The predicted molar refractivity (Wildman–Crippen MR) is 71.6 cm³/mol. The van der Waals surface area contributed by atoms with Crippen molar-refractivity contribution in [3.8, 4) is 0 Å². The van der Waals surface area contributed by atoms with Crippen LogP contribution < -0.4 is 5.32 Å². The van der Waals surface area contributed by atoms with Crippen molar-refractivity contribution in [2.45, 2.75) is 29.2 Å². The van der Waals surface area contributed by atoms with E-state index in [1.165, 1.54) is 23.9 Å². The topological polar surface area (TPSA) is 71.2 Å². The molecule has 5 nitrogen and oxygen atoms in total. The van der Waals surface area contributed by atoms with Crippen LogP contribution in [0.1, 0.15) is 24.2 Å². The van der Waals surface area contributed by atoms with Crippen molar-refractivity contribution in [3.63, 3.8) is 0 Å². The lowest BCUT2D eigenvalue weighted by atomic mass is 10.2. The first kappa shape index (κ1) is 13.5. The van der Waals surface area contributed by atoms with Gasteiger partial charge in [-0.05, 0) is 24.6 Å². The van der Waals surface area contributed by atoms with Crippen molar-refractivity contribution >= 4 is 11.8 Å². The van der Waals surface area contributed by atoms with E-state index in [-0.39, 0.29) is 18.0 Å². The Hall–Kier alpha value is -1.44. The molecule has 2 N–H and O–H groups in total. The highest BCUT2D eigenvalue weighted by molar-refractivity contribution is 7.98. The SMILES string of the molecule is O[C@@H]1CN[C@H](c2nc(CSc3cccc(F)c3)no2)C1. The van der Waals surface area contributed by atoms with Gasteiger partial charge in [0.1, 0.15) is 5.82 Å². The van der Waals surface area contributed by atoms with E-state index in [9.17, 15) is 9.50 Å². The third-order valence-electron chi connectivity index (χ3n) is 3.05. The highest BCUT2D eigenvalue weighted by Crippen LogP contribution is 2.25. The molecule has 0 amide bonds. The van der Waals surface area contributed by atoms with Crippen LogP contribution in [0.2, 0.25) is 0 Å². The number of β-amino-alcohol motifs (C(OH)–C–C–N with tert-alkyl or cyclic N) is 1. The van der Waals surface area contributed by atoms with Gasteiger partial charge in [0.05, 0.1) is 17.9 Å². The molecule has 1 saturated heterocycles. The monoisotopic (exact) mass is 295 g/mol. The van der Waals surface area contributed by atoms with Crippen LogP contribution in [0.5, 0.6) is 0 Å². The van der Waals surface area contributed by atoms with Crippen molar-refractivity contribution in [1.82, 2.24) is 15.5 Å². The fourth-order valence-electron chi connectivity index (χ4n) is 2.08. The Kier molecular flexibility index (Phi) is 4.00. The highest BCUT2D eigenvalue weighted by atomic mass is 32.2. The van der Waals surface area contributed by atoms with E-state index in [4.69, 9.17) is 4.52 Å². The Morgan fingerprint density at radius 1 is 1.50 bits per heavy atom. The lowest BCUT2D eigenvalue weighted by molar-refractivity contribution is 0.191. The van der Waals surface area contributed by atoms with Gasteiger partial charge >= 0.3 is 0 Å². The quantitative estimate of drug-likeness (QED) is 0.839. The predicted octanol–water partition coefficient (Wildman–Crippen LogP) is 1.90. The van der Waals surface area contributed by atoms with Gasteiger partial charge in [0.15, 0.2) is 5.82 Å². The number of rotatable bonds is 4. The lowest BCUT2D eigenvalue weighted by Gasteiger charge is -2.01. The van der Waals surface area contributed by atoms with Crippen LogP contribution in [0.3, 0.4) is 0 Å². The van der Waals surface area contributed by atoms with Gasteiger partial charge in [0.2, 0.25) is 5.89 Å². The molecule has 0 bridgehead atoms. The Labute approximate surface area is 119 Å². The molecule has 2 aromatic rings. The van der Waals surface area contributed by atoms with Crippen LogP contribution in [0.25, 0.3) is 0 Å². The maximum Gasteiger partial charge on any atom is 0.243 e. The number of aromatic nitrogens is 2. The fraction of sp³-hybridized carbons (Fsp3) is 0.385. The zero-order valence-corrected chi connectivity index (χ0v) is 11.4. The minimum atomic E-state index is -0.364. The van der Waals surface area contributed by atoms with E-state index >= 15 is 0 Å². The third kappa shape index (κ3) is 3.17. The molecular weight excluding hydrogens is 281 g/mol. The molecule has 106 valence electrons. The van der Waals surface area contributed by atoms with Gasteiger partial charge in [-0.15, -0.1) is 11.8 Å². The van der Waals surface area contributed by atoms with E-state index in [2.05, 4.69) is 15.5 Å². The molecule has 1 aliphatic rings. The molecule has 1 fully saturated rings. The number of halogens is 1. The van der Waals surface area contributed by atoms with Crippen molar-refractivity contribution in [1.29, 1.82) is 0 Å². The van der Waals surface area contributed by atoms with Gasteiger partial charge in [0.25, 0.3) is 0 Å². The fourth-order valence-corrected chi connectivity index (χ4v) is 2.86. The van der Waals surface area contributed by atoms with E-state index < -0.39 is 0 Å². The van der Waals surface area contributed by atoms with Crippen LogP contribution in [-0.4, -0.2) is 27.9 Å². The van der Waals surface area contributed by atoms with E-state index in [0.717, 1.165) is 4.90 Å². The second-order valence-corrected chi connectivity index (χ2v) is 5.69. The minimum Gasteiger partial charge on any atom is -0.392 e. The second-order valence-electron chi connectivity index (χ2n) is 4.65. The molecule has 7 heteroatoms. The van der Waals surface area contributed by atoms with Gasteiger partial charge in [-0.25, -0.2) is 4.39 Å². The maximum atomic E-state index is 13.0. The molecule has 0 spiro atoms. The Morgan fingerprint density at radius 2 is 2.40 bits per heavy atom. The average Bonchev–Trinajstić information content (AvgIpc) is 3.05. The minimum absolute atomic E-state index is 0.0783. The number of nitrogens with one attached hydrogen (secondary N) is 1. The number of aliphatic hydroxyl groups is 1.